The molecule has 0 bridgehead atoms. The average Bonchev–Trinajstić information content (AvgIpc) is 2.42. The van der Waals surface area contributed by atoms with Gasteiger partial charge in [0.1, 0.15) is 0 Å². The first-order valence-electron chi connectivity index (χ1n) is 8.36. The fourth-order valence-corrected chi connectivity index (χ4v) is 3.33. The SMILES string of the molecule is CCCCC(CC)C(NN)c1cccc(C2CCC2)c1. The summed E-state index contributed by atoms with van der Waals surface area (Å²) < 4.78 is 0. The number of hydrogen-bond donors (Lipinski definition) is 2. The summed E-state index contributed by atoms with van der Waals surface area (Å²) in [6.45, 7) is 4.54. The number of nitrogens with one attached hydrogen (secondary N) is 1. The zero-order valence-electron chi connectivity index (χ0n) is 13.1. The van der Waals surface area contributed by atoms with Crippen LogP contribution in [0.4, 0.5) is 0 Å². The van der Waals surface area contributed by atoms with E-state index in [4.69, 9.17) is 5.84 Å². The molecule has 2 nitrogen and oxygen atoms in total. The first-order chi connectivity index (χ1) is 9.80. The molecule has 2 rings (SSSR count). The topological polar surface area (TPSA) is 38.0 Å². The molecule has 3 N–H and O–H groups in total. The van der Waals surface area contributed by atoms with E-state index >= 15 is 0 Å². The lowest BCUT2D eigenvalue weighted by Crippen LogP contribution is -2.33. The Labute approximate surface area is 124 Å². The maximum Gasteiger partial charge on any atom is 0.0488 e. The molecule has 2 unspecified atom stereocenters. The number of nitrogens with two attached hydrogens (primary N) is 1. The van der Waals surface area contributed by atoms with Crippen LogP contribution < -0.4 is 11.3 Å². The van der Waals surface area contributed by atoms with Crippen molar-refractivity contribution in [2.24, 2.45) is 11.8 Å². The fourth-order valence-electron chi connectivity index (χ4n) is 3.33. The molecule has 0 amide bonds. The van der Waals surface area contributed by atoms with E-state index in [-0.39, 0.29) is 0 Å². The van der Waals surface area contributed by atoms with Gasteiger partial charge in [-0.05, 0) is 42.2 Å². The number of hydrazine groups is 1. The lowest BCUT2D eigenvalue weighted by Gasteiger charge is -2.29. The van der Waals surface area contributed by atoms with Crippen LogP contribution in [-0.4, -0.2) is 0 Å². The third-order valence-corrected chi connectivity index (χ3v) is 4.95. The normalized spacial score (nSPS) is 18.6. The van der Waals surface area contributed by atoms with Crippen LogP contribution in [0.1, 0.15) is 81.9 Å². The molecule has 2 atom stereocenters. The van der Waals surface area contributed by atoms with Crippen LogP contribution in [0.2, 0.25) is 0 Å². The molecule has 0 saturated heterocycles. The van der Waals surface area contributed by atoms with Crippen molar-refractivity contribution in [3.63, 3.8) is 0 Å². The maximum atomic E-state index is 5.88. The summed E-state index contributed by atoms with van der Waals surface area (Å²) in [5.41, 5.74) is 5.97. The fraction of sp³-hybridized carbons (Fsp3) is 0.667. The molecule has 1 aromatic rings. The Hall–Kier alpha value is -0.860. The molecule has 0 aliphatic heterocycles. The summed E-state index contributed by atoms with van der Waals surface area (Å²) in [6, 6.07) is 9.42. The highest BCUT2D eigenvalue weighted by Crippen LogP contribution is 2.38. The predicted octanol–water partition coefficient (Wildman–Crippen LogP) is 4.67. The van der Waals surface area contributed by atoms with E-state index in [1.54, 1.807) is 0 Å². The van der Waals surface area contributed by atoms with Crippen LogP contribution in [0.3, 0.4) is 0 Å². The van der Waals surface area contributed by atoms with Gasteiger partial charge >= 0.3 is 0 Å². The Morgan fingerprint density at radius 2 is 2.10 bits per heavy atom. The Balaban J connectivity index is 2.12. The maximum absolute atomic E-state index is 5.88. The third-order valence-electron chi connectivity index (χ3n) is 4.95. The minimum absolute atomic E-state index is 0.298. The van der Waals surface area contributed by atoms with Crippen LogP contribution in [0.5, 0.6) is 0 Å². The molecule has 1 saturated carbocycles. The van der Waals surface area contributed by atoms with Crippen LogP contribution in [0, 0.1) is 5.92 Å². The minimum atomic E-state index is 0.298. The van der Waals surface area contributed by atoms with Gasteiger partial charge < -0.3 is 0 Å². The summed E-state index contributed by atoms with van der Waals surface area (Å²) >= 11 is 0. The largest absolute Gasteiger partial charge is 0.271 e. The molecule has 1 aliphatic rings. The second-order valence-electron chi connectivity index (χ2n) is 6.25. The highest BCUT2D eigenvalue weighted by molar-refractivity contribution is 5.30. The van der Waals surface area contributed by atoms with Gasteiger partial charge in [0.25, 0.3) is 0 Å². The van der Waals surface area contributed by atoms with Gasteiger partial charge in [-0.1, -0.05) is 63.8 Å². The zero-order chi connectivity index (χ0) is 14.4. The lowest BCUT2D eigenvalue weighted by molar-refractivity contribution is 0.326. The van der Waals surface area contributed by atoms with E-state index in [9.17, 15) is 0 Å². The average molecular weight is 274 g/mol. The van der Waals surface area contributed by atoms with Crippen molar-refractivity contribution < 1.29 is 0 Å². The van der Waals surface area contributed by atoms with Gasteiger partial charge in [-0.3, -0.25) is 11.3 Å². The van der Waals surface area contributed by atoms with Crippen LogP contribution in [0.15, 0.2) is 24.3 Å². The molecule has 0 aromatic heterocycles. The summed E-state index contributed by atoms with van der Waals surface area (Å²) in [4.78, 5) is 0. The second kappa shape index (κ2) is 7.80. The minimum Gasteiger partial charge on any atom is -0.271 e. The number of benzene rings is 1. The summed E-state index contributed by atoms with van der Waals surface area (Å²) in [6.07, 6.45) is 9.10. The molecular formula is C18H30N2. The Morgan fingerprint density at radius 3 is 2.65 bits per heavy atom. The molecule has 0 heterocycles. The first-order valence-corrected chi connectivity index (χ1v) is 8.36. The zero-order valence-corrected chi connectivity index (χ0v) is 13.1. The van der Waals surface area contributed by atoms with Gasteiger partial charge in [0, 0.05) is 6.04 Å². The van der Waals surface area contributed by atoms with Gasteiger partial charge in [0.05, 0.1) is 0 Å². The summed E-state index contributed by atoms with van der Waals surface area (Å²) in [7, 11) is 0. The summed E-state index contributed by atoms with van der Waals surface area (Å²) in [5.74, 6) is 7.31. The molecule has 2 heteroatoms. The monoisotopic (exact) mass is 274 g/mol. The van der Waals surface area contributed by atoms with Crippen LogP contribution in [-0.2, 0) is 0 Å². The van der Waals surface area contributed by atoms with Gasteiger partial charge in [-0.15, -0.1) is 0 Å². The smallest absolute Gasteiger partial charge is 0.0488 e. The molecular weight excluding hydrogens is 244 g/mol. The van der Waals surface area contributed by atoms with Crippen molar-refractivity contribution >= 4 is 0 Å². The molecule has 0 radical (unpaired) electrons. The van der Waals surface area contributed by atoms with E-state index in [1.807, 2.05) is 0 Å². The van der Waals surface area contributed by atoms with E-state index in [0.717, 1.165) is 5.92 Å². The van der Waals surface area contributed by atoms with Crippen LogP contribution in [0.25, 0.3) is 0 Å². The first kappa shape index (κ1) is 15.5. The Morgan fingerprint density at radius 1 is 1.30 bits per heavy atom. The molecule has 112 valence electrons. The van der Waals surface area contributed by atoms with E-state index in [0.29, 0.717) is 12.0 Å². The quantitative estimate of drug-likeness (QED) is 0.534. The molecule has 20 heavy (non-hydrogen) atoms. The summed E-state index contributed by atoms with van der Waals surface area (Å²) in [5, 5.41) is 0. The Kier molecular flexibility index (Phi) is 6.06. The van der Waals surface area contributed by atoms with Crippen molar-refractivity contribution in [3.05, 3.63) is 35.4 Å². The lowest BCUT2D eigenvalue weighted by atomic mass is 9.78. The van der Waals surface area contributed by atoms with Gasteiger partial charge in [-0.25, -0.2) is 0 Å². The number of unbranched alkanes of at least 4 members (excludes halogenated alkanes) is 1. The highest BCUT2D eigenvalue weighted by Gasteiger charge is 2.23. The highest BCUT2D eigenvalue weighted by atomic mass is 15.2. The number of hydrogen-bond acceptors (Lipinski definition) is 2. The molecule has 1 fully saturated rings. The van der Waals surface area contributed by atoms with Gasteiger partial charge in [-0.2, -0.15) is 0 Å². The van der Waals surface area contributed by atoms with Crippen molar-refractivity contribution in [2.75, 3.05) is 0 Å². The van der Waals surface area contributed by atoms with Crippen molar-refractivity contribution in [1.82, 2.24) is 5.43 Å². The number of rotatable bonds is 8. The predicted molar refractivity (Wildman–Crippen MR) is 86.4 cm³/mol. The van der Waals surface area contributed by atoms with Gasteiger partial charge in [0.15, 0.2) is 0 Å². The van der Waals surface area contributed by atoms with Crippen molar-refractivity contribution in [1.29, 1.82) is 0 Å². The van der Waals surface area contributed by atoms with E-state index in [2.05, 4.69) is 43.5 Å². The standard InChI is InChI=1S/C18H30N2/c1-3-5-8-14(4-2)18(20-19)17-12-7-11-16(13-17)15-9-6-10-15/h7,11-15,18,20H,3-6,8-10,19H2,1-2H3. The second-order valence-corrected chi connectivity index (χ2v) is 6.25. The van der Waals surface area contributed by atoms with Crippen molar-refractivity contribution in [2.45, 2.75) is 70.8 Å². The van der Waals surface area contributed by atoms with E-state index < -0.39 is 0 Å². The molecule has 0 spiro atoms. The van der Waals surface area contributed by atoms with Crippen molar-refractivity contribution in [3.8, 4) is 0 Å². The van der Waals surface area contributed by atoms with Crippen LogP contribution >= 0.6 is 0 Å². The molecule has 1 aliphatic carbocycles. The Bertz CT molecular complexity index is 398. The molecule has 1 aromatic carbocycles. The third kappa shape index (κ3) is 3.62. The van der Waals surface area contributed by atoms with Gasteiger partial charge in [0.2, 0.25) is 0 Å². The van der Waals surface area contributed by atoms with E-state index in [1.165, 1.54) is 56.1 Å².